The van der Waals surface area contributed by atoms with Gasteiger partial charge in [0.15, 0.2) is 11.6 Å². The van der Waals surface area contributed by atoms with Crippen molar-refractivity contribution in [2.75, 3.05) is 12.4 Å². The summed E-state index contributed by atoms with van der Waals surface area (Å²) in [6.07, 6.45) is 0.133. The zero-order valence-electron chi connectivity index (χ0n) is 13.8. The van der Waals surface area contributed by atoms with Crippen LogP contribution in [0.4, 0.5) is 8.78 Å². The second-order valence-electron chi connectivity index (χ2n) is 6.07. The molecule has 2 N–H and O–H groups in total. The van der Waals surface area contributed by atoms with Gasteiger partial charge in [0.2, 0.25) is 5.91 Å². The van der Waals surface area contributed by atoms with Crippen LogP contribution in [0.2, 0.25) is 0 Å². The second kappa shape index (κ2) is 8.98. The average Bonchev–Trinajstić information content (AvgIpc) is 2.46. The molecule has 134 valence electrons. The zero-order valence-corrected chi connectivity index (χ0v) is 14.6. The van der Waals surface area contributed by atoms with Crippen LogP contribution in [0.3, 0.4) is 0 Å². The number of carbonyl (C=O) groups is 2. The maximum absolute atomic E-state index is 13.1. The number of hydrogen-bond acceptors (Lipinski definition) is 4. The van der Waals surface area contributed by atoms with E-state index in [4.69, 9.17) is 9.84 Å². The predicted octanol–water partition coefficient (Wildman–Crippen LogP) is 2.83. The lowest BCUT2D eigenvalue weighted by molar-refractivity contribution is -0.142. The van der Waals surface area contributed by atoms with E-state index < -0.39 is 35.2 Å². The van der Waals surface area contributed by atoms with Crippen molar-refractivity contribution in [1.82, 2.24) is 5.32 Å². The summed E-state index contributed by atoms with van der Waals surface area (Å²) < 4.78 is 31.3. The Morgan fingerprint density at radius 3 is 2.50 bits per heavy atom. The van der Waals surface area contributed by atoms with Crippen molar-refractivity contribution >= 4 is 23.6 Å². The molecule has 0 saturated carbocycles. The Hall–Kier alpha value is -1.67. The Bertz CT molecular complexity index is 590. The molecule has 0 fully saturated rings. The lowest BCUT2D eigenvalue weighted by Gasteiger charge is -2.21. The van der Waals surface area contributed by atoms with Crippen LogP contribution in [0, 0.1) is 11.6 Å². The fraction of sp³-hybridized carbons (Fsp3) is 0.500. The predicted molar refractivity (Wildman–Crippen MR) is 87.0 cm³/mol. The van der Waals surface area contributed by atoms with E-state index in [-0.39, 0.29) is 18.8 Å². The molecule has 24 heavy (non-hydrogen) atoms. The minimum atomic E-state index is -1.15. The number of ether oxygens (including phenoxy) is 1. The highest BCUT2D eigenvalue weighted by atomic mass is 32.2. The highest BCUT2D eigenvalue weighted by Gasteiger charge is 2.21. The van der Waals surface area contributed by atoms with Gasteiger partial charge in [0.05, 0.1) is 11.4 Å². The molecule has 0 spiro atoms. The molecule has 1 aromatic rings. The molecule has 0 aliphatic carbocycles. The van der Waals surface area contributed by atoms with E-state index in [2.05, 4.69) is 5.32 Å². The van der Waals surface area contributed by atoms with E-state index in [1.165, 1.54) is 6.07 Å². The number of thioether (sulfide) groups is 1. The van der Waals surface area contributed by atoms with Gasteiger partial charge >= 0.3 is 5.97 Å². The summed E-state index contributed by atoms with van der Waals surface area (Å²) in [4.78, 5) is 23.4. The van der Waals surface area contributed by atoms with E-state index in [9.17, 15) is 18.4 Å². The van der Waals surface area contributed by atoms with Crippen LogP contribution in [0.25, 0.3) is 0 Å². The first-order valence-electron chi connectivity index (χ1n) is 7.32. The Balaban J connectivity index is 2.47. The van der Waals surface area contributed by atoms with Gasteiger partial charge in [-0.1, -0.05) is 0 Å². The molecule has 0 aliphatic heterocycles. The number of nitrogens with one attached hydrogen (secondary N) is 1. The number of halogens is 2. The highest BCUT2D eigenvalue weighted by Crippen LogP contribution is 2.20. The van der Waals surface area contributed by atoms with Crippen molar-refractivity contribution in [3.05, 3.63) is 29.8 Å². The third-order valence-electron chi connectivity index (χ3n) is 2.84. The topological polar surface area (TPSA) is 75.6 Å². The largest absolute Gasteiger partial charge is 0.480 e. The van der Waals surface area contributed by atoms with Gasteiger partial charge in [-0.15, -0.1) is 11.8 Å². The molecule has 1 atom stereocenters. The molecule has 0 saturated heterocycles. The van der Waals surface area contributed by atoms with Crippen molar-refractivity contribution in [1.29, 1.82) is 0 Å². The summed E-state index contributed by atoms with van der Waals surface area (Å²) >= 11 is 0.990. The van der Waals surface area contributed by atoms with Gasteiger partial charge in [0.1, 0.15) is 6.04 Å². The number of benzene rings is 1. The van der Waals surface area contributed by atoms with Crippen molar-refractivity contribution in [3.63, 3.8) is 0 Å². The summed E-state index contributed by atoms with van der Waals surface area (Å²) in [5.41, 5.74) is -0.393. The zero-order chi connectivity index (χ0) is 18.3. The first kappa shape index (κ1) is 20.4. The van der Waals surface area contributed by atoms with Crippen LogP contribution < -0.4 is 5.32 Å². The van der Waals surface area contributed by atoms with Crippen LogP contribution in [0.1, 0.15) is 27.2 Å². The highest BCUT2D eigenvalue weighted by molar-refractivity contribution is 8.00. The van der Waals surface area contributed by atoms with Crippen LogP contribution >= 0.6 is 11.8 Å². The van der Waals surface area contributed by atoms with Gasteiger partial charge in [-0.3, -0.25) is 4.79 Å². The first-order valence-corrected chi connectivity index (χ1v) is 8.31. The number of rotatable bonds is 8. The van der Waals surface area contributed by atoms with Gasteiger partial charge in [-0.2, -0.15) is 0 Å². The van der Waals surface area contributed by atoms with Gasteiger partial charge in [0, 0.05) is 17.9 Å². The smallest absolute Gasteiger partial charge is 0.326 e. The Labute approximate surface area is 143 Å². The number of hydrogen-bond donors (Lipinski definition) is 2. The monoisotopic (exact) mass is 361 g/mol. The SMILES string of the molecule is CC(C)(C)OCCC(NC(=O)CSc1ccc(F)c(F)c1)C(=O)O. The number of carboxylic acids is 1. The number of amides is 1. The molecule has 0 aromatic heterocycles. The van der Waals surface area contributed by atoms with Crippen molar-refractivity contribution in [3.8, 4) is 0 Å². The lowest BCUT2D eigenvalue weighted by Crippen LogP contribution is -2.42. The Morgan fingerprint density at radius 2 is 1.96 bits per heavy atom. The van der Waals surface area contributed by atoms with Gasteiger partial charge in [-0.05, 0) is 39.0 Å². The van der Waals surface area contributed by atoms with Gasteiger partial charge in [-0.25, -0.2) is 13.6 Å². The van der Waals surface area contributed by atoms with Crippen molar-refractivity contribution < 1.29 is 28.2 Å². The number of carboxylic acid groups (broad SMARTS) is 1. The minimum Gasteiger partial charge on any atom is -0.480 e. The third kappa shape index (κ3) is 7.74. The standard InChI is InChI=1S/C16H21F2NO4S/c1-16(2,3)23-7-6-13(15(21)22)19-14(20)9-24-10-4-5-11(17)12(18)8-10/h4-5,8,13H,6-7,9H2,1-3H3,(H,19,20)(H,21,22). The fourth-order valence-electron chi connectivity index (χ4n) is 1.69. The number of aliphatic carboxylic acids is 1. The fourth-order valence-corrected chi connectivity index (χ4v) is 2.42. The normalized spacial score (nSPS) is 12.7. The molecule has 0 aliphatic rings. The molecule has 1 rings (SSSR count). The summed E-state index contributed by atoms with van der Waals surface area (Å²) in [6.45, 7) is 5.73. The Morgan fingerprint density at radius 1 is 1.29 bits per heavy atom. The molecule has 0 heterocycles. The number of carbonyl (C=O) groups excluding carboxylic acids is 1. The van der Waals surface area contributed by atoms with E-state index in [1.54, 1.807) is 0 Å². The maximum atomic E-state index is 13.1. The Kier molecular flexibility index (Phi) is 7.62. The molecule has 0 bridgehead atoms. The summed E-state index contributed by atoms with van der Waals surface area (Å²) in [5, 5.41) is 11.5. The quantitative estimate of drug-likeness (QED) is 0.697. The summed E-state index contributed by atoms with van der Waals surface area (Å²) in [5.74, 6) is -3.72. The molecule has 1 aromatic carbocycles. The summed E-state index contributed by atoms with van der Waals surface area (Å²) in [7, 11) is 0. The first-order chi connectivity index (χ1) is 11.1. The summed E-state index contributed by atoms with van der Waals surface area (Å²) in [6, 6.07) is 2.24. The lowest BCUT2D eigenvalue weighted by atomic mass is 10.2. The average molecular weight is 361 g/mol. The van der Waals surface area contributed by atoms with Gasteiger partial charge < -0.3 is 15.2 Å². The second-order valence-corrected chi connectivity index (χ2v) is 7.12. The van der Waals surface area contributed by atoms with Gasteiger partial charge in [0.25, 0.3) is 0 Å². The minimum absolute atomic E-state index is 0.102. The molecule has 8 heteroatoms. The van der Waals surface area contributed by atoms with E-state index >= 15 is 0 Å². The third-order valence-corrected chi connectivity index (χ3v) is 3.83. The van der Waals surface area contributed by atoms with Crippen molar-refractivity contribution in [2.24, 2.45) is 0 Å². The molecular weight excluding hydrogens is 340 g/mol. The molecular formula is C16H21F2NO4S. The van der Waals surface area contributed by atoms with Crippen LogP contribution in [0.15, 0.2) is 23.1 Å². The maximum Gasteiger partial charge on any atom is 0.326 e. The van der Waals surface area contributed by atoms with Crippen molar-refractivity contribution in [2.45, 2.75) is 43.7 Å². The molecule has 1 unspecified atom stereocenters. The van der Waals surface area contributed by atoms with Crippen LogP contribution in [-0.2, 0) is 14.3 Å². The molecule has 0 radical (unpaired) electrons. The molecule has 1 amide bonds. The van der Waals surface area contributed by atoms with Crippen LogP contribution in [-0.4, -0.2) is 41.0 Å². The van der Waals surface area contributed by atoms with E-state index in [1.807, 2.05) is 20.8 Å². The molecule has 5 nitrogen and oxygen atoms in total. The van der Waals surface area contributed by atoms with E-state index in [0.29, 0.717) is 4.90 Å². The van der Waals surface area contributed by atoms with E-state index in [0.717, 1.165) is 23.9 Å². The van der Waals surface area contributed by atoms with Crippen LogP contribution in [0.5, 0.6) is 0 Å².